The summed E-state index contributed by atoms with van der Waals surface area (Å²) in [5.41, 5.74) is 8.45. The number of carboxylic acids is 1. The quantitative estimate of drug-likeness (QED) is 0.665. The Balaban J connectivity index is 2.28. The monoisotopic (exact) mass is 207 g/mol. The number of carbonyl (C=O) groups is 1. The van der Waals surface area contributed by atoms with Gasteiger partial charge in [-0.2, -0.15) is 5.10 Å². The Morgan fingerprint density at radius 2 is 2.40 bits per heavy atom. The molecule has 0 spiro atoms. The summed E-state index contributed by atoms with van der Waals surface area (Å²) in [5.74, 6) is -0.653. The van der Waals surface area contributed by atoms with Crippen LogP contribution in [0.5, 0.6) is 0 Å². The molecule has 1 unspecified atom stereocenters. The first kappa shape index (κ1) is 9.76. The van der Waals surface area contributed by atoms with Crippen LogP contribution in [0.25, 0.3) is 0 Å². The van der Waals surface area contributed by atoms with Crippen LogP contribution in [-0.4, -0.2) is 21.3 Å². The zero-order valence-corrected chi connectivity index (χ0v) is 8.45. The van der Waals surface area contributed by atoms with Gasteiger partial charge in [0.05, 0.1) is 0 Å². The molecule has 1 aliphatic carbocycles. The van der Waals surface area contributed by atoms with Crippen molar-refractivity contribution in [2.45, 2.75) is 19.8 Å². The molecule has 0 fully saturated rings. The van der Waals surface area contributed by atoms with Gasteiger partial charge in [0.1, 0.15) is 0 Å². The topological polar surface area (TPSA) is 92.0 Å². The van der Waals surface area contributed by atoms with Crippen LogP contribution in [0.3, 0.4) is 0 Å². The number of fused-ring (bicyclic) bond motifs is 1. The van der Waals surface area contributed by atoms with Gasteiger partial charge in [0.2, 0.25) is 0 Å². The lowest BCUT2D eigenvalue weighted by molar-refractivity contribution is 0.0689. The SMILES string of the molecule is C/C(=C\N)C1Cc2[nH]nc(C(=O)O)c2C1. The molecule has 1 atom stereocenters. The molecule has 1 heterocycles. The molecular formula is C10H13N3O2. The molecule has 0 saturated heterocycles. The van der Waals surface area contributed by atoms with Crippen LogP contribution in [0.1, 0.15) is 28.7 Å². The highest BCUT2D eigenvalue weighted by atomic mass is 16.4. The number of carboxylic acid groups (broad SMARTS) is 1. The van der Waals surface area contributed by atoms with Crippen LogP contribution in [-0.2, 0) is 12.8 Å². The number of nitrogens with two attached hydrogens (primary N) is 1. The first-order chi connectivity index (χ1) is 7.13. The fraction of sp³-hybridized carbons (Fsp3) is 0.400. The van der Waals surface area contributed by atoms with E-state index in [1.807, 2.05) is 6.92 Å². The molecule has 0 bridgehead atoms. The molecule has 1 aliphatic rings. The number of aromatic nitrogens is 2. The van der Waals surface area contributed by atoms with Crippen molar-refractivity contribution in [1.82, 2.24) is 10.2 Å². The van der Waals surface area contributed by atoms with E-state index >= 15 is 0 Å². The molecular weight excluding hydrogens is 194 g/mol. The zero-order valence-electron chi connectivity index (χ0n) is 8.45. The number of nitrogens with one attached hydrogen (secondary N) is 1. The van der Waals surface area contributed by atoms with E-state index in [0.29, 0.717) is 12.3 Å². The predicted molar refractivity (Wildman–Crippen MR) is 54.4 cm³/mol. The fourth-order valence-electron chi connectivity index (χ4n) is 1.99. The predicted octanol–water partition coefficient (Wildman–Crippen LogP) is 0.685. The van der Waals surface area contributed by atoms with E-state index in [2.05, 4.69) is 10.2 Å². The number of H-pyrrole nitrogens is 1. The molecule has 15 heavy (non-hydrogen) atoms. The molecule has 0 aromatic carbocycles. The Labute approximate surface area is 87.0 Å². The minimum absolute atomic E-state index is 0.150. The van der Waals surface area contributed by atoms with E-state index in [1.54, 1.807) is 6.20 Å². The van der Waals surface area contributed by atoms with E-state index in [1.165, 1.54) is 0 Å². The Morgan fingerprint density at radius 1 is 1.67 bits per heavy atom. The lowest BCUT2D eigenvalue weighted by Crippen LogP contribution is -2.07. The van der Waals surface area contributed by atoms with Gasteiger partial charge in [-0.1, -0.05) is 5.57 Å². The second kappa shape index (κ2) is 3.42. The first-order valence-electron chi connectivity index (χ1n) is 4.81. The van der Waals surface area contributed by atoms with Crippen LogP contribution in [0, 0.1) is 5.92 Å². The average molecular weight is 207 g/mol. The molecule has 4 N–H and O–H groups in total. The van der Waals surface area contributed by atoms with Crippen molar-refractivity contribution < 1.29 is 9.90 Å². The van der Waals surface area contributed by atoms with Crippen LogP contribution in [0.2, 0.25) is 0 Å². The van der Waals surface area contributed by atoms with Gasteiger partial charge in [-0.25, -0.2) is 4.79 Å². The first-order valence-corrected chi connectivity index (χ1v) is 4.81. The molecule has 1 aromatic rings. The zero-order chi connectivity index (χ0) is 11.0. The van der Waals surface area contributed by atoms with Gasteiger partial charge in [0, 0.05) is 11.3 Å². The van der Waals surface area contributed by atoms with E-state index in [4.69, 9.17) is 10.8 Å². The van der Waals surface area contributed by atoms with E-state index in [0.717, 1.165) is 23.3 Å². The fourth-order valence-corrected chi connectivity index (χ4v) is 1.99. The maximum atomic E-state index is 10.8. The average Bonchev–Trinajstić information content (AvgIpc) is 2.73. The van der Waals surface area contributed by atoms with Gasteiger partial charge in [0.15, 0.2) is 5.69 Å². The molecule has 0 radical (unpaired) electrons. The molecule has 0 amide bonds. The minimum atomic E-state index is -0.970. The summed E-state index contributed by atoms with van der Waals surface area (Å²) in [4.78, 5) is 10.8. The molecule has 5 heteroatoms. The van der Waals surface area contributed by atoms with Gasteiger partial charge in [0.25, 0.3) is 0 Å². The highest BCUT2D eigenvalue weighted by Crippen LogP contribution is 2.31. The van der Waals surface area contributed by atoms with Gasteiger partial charge in [-0.3, -0.25) is 5.10 Å². The van der Waals surface area contributed by atoms with Gasteiger partial charge in [-0.15, -0.1) is 0 Å². The summed E-state index contributed by atoms with van der Waals surface area (Å²) in [6.45, 7) is 1.96. The van der Waals surface area contributed by atoms with Crippen LogP contribution < -0.4 is 5.73 Å². The standard InChI is InChI=1S/C10H13N3O2/c1-5(4-11)6-2-7-8(3-6)12-13-9(7)10(14)15/h4,6H,2-3,11H2,1H3,(H,12,13)(H,14,15)/b5-4+. The van der Waals surface area contributed by atoms with Crippen LogP contribution in [0.15, 0.2) is 11.8 Å². The van der Waals surface area contributed by atoms with Crippen molar-refractivity contribution in [2.75, 3.05) is 0 Å². The van der Waals surface area contributed by atoms with Crippen LogP contribution in [0.4, 0.5) is 0 Å². The van der Waals surface area contributed by atoms with E-state index < -0.39 is 5.97 Å². The van der Waals surface area contributed by atoms with Crippen molar-refractivity contribution in [1.29, 1.82) is 0 Å². The highest BCUT2D eigenvalue weighted by Gasteiger charge is 2.29. The van der Waals surface area contributed by atoms with Crippen LogP contribution >= 0.6 is 0 Å². The Morgan fingerprint density at radius 3 is 3.00 bits per heavy atom. The summed E-state index contributed by atoms with van der Waals surface area (Å²) < 4.78 is 0. The Hall–Kier alpha value is -1.78. The normalized spacial score (nSPS) is 20.3. The number of hydrogen-bond acceptors (Lipinski definition) is 3. The van der Waals surface area contributed by atoms with Gasteiger partial charge >= 0.3 is 5.97 Å². The van der Waals surface area contributed by atoms with Crippen molar-refractivity contribution in [3.63, 3.8) is 0 Å². The molecule has 1 aromatic heterocycles. The maximum Gasteiger partial charge on any atom is 0.356 e. The number of nitrogens with zero attached hydrogens (tertiary/aromatic N) is 1. The number of aromatic carboxylic acids is 1. The Kier molecular flexibility index (Phi) is 2.22. The summed E-state index contributed by atoms with van der Waals surface area (Å²) in [6.07, 6.45) is 3.10. The lowest BCUT2D eigenvalue weighted by atomic mass is 9.98. The van der Waals surface area contributed by atoms with Crippen molar-refractivity contribution in [3.05, 3.63) is 28.7 Å². The van der Waals surface area contributed by atoms with Crippen molar-refractivity contribution in [2.24, 2.45) is 11.7 Å². The third kappa shape index (κ3) is 1.49. The smallest absolute Gasteiger partial charge is 0.356 e. The third-order valence-electron chi connectivity index (χ3n) is 2.96. The van der Waals surface area contributed by atoms with Crippen molar-refractivity contribution >= 4 is 5.97 Å². The molecule has 2 rings (SSSR count). The largest absolute Gasteiger partial charge is 0.476 e. The molecule has 0 aliphatic heterocycles. The van der Waals surface area contributed by atoms with Crippen molar-refractivity contribution in [3.8, 4) is 0 Å². The number of aromatic amines is 1. The van der Waals surface area contributed by atoms with E-state index in [-0.39, 0.29) is 5.69 Å². The lowest BCUT2D eigenvalue weighted by Gasteiger charge is -2.08. The molecule has 5 nitrogen and oxygen atoms in total. The summed E-state index contributed by atoms with van der Waals surface area (Å²) in [5, 5.41) is 15.5. The number of rotatable bonds is 2. The summed E-state index contributed by atoms with van der Waals surface area (Å²) in [7, 11) is 0. The minimum Gasteiger partial charge on any atom is -0.476 e. The maximum absolute atomic E-state index is 10.8. The molecule has 80 valence electrons. The summed E-state index contributed by atoms with van der Waals surface area (Å²) in [6, 6.07) is 0. The number of hydrogen-bond donors (Lipinski definition) is 3. The Bertz CT molecular complexity index is 434. The number of allylic oxidation sites excluding steroid dienone is 1. The second-order valence-electron chi connectivity index (χ2n) is 3.85. The highest BCUT2D eigenvalue weighted by molar-refractivity contribution is 5.87. The van der Waals surface area contributed by atoms with E-state index in [9.17, 15) is 4.79 Å². The van der Waals surface area contributed by atoms with Gasteiger partial charge in [-0.05, 0) is 31.9 Å². The van der Waals surface area contributed by atoms with Gasteiger partial charge < -0.3 is 10.8 Å². The molecule has 0 saturated carbocycles. The third-order valence-corrected chi connectivity index (χ3v) is 2.96. The summed E-state index contributed by atoms with van der Waals surface area (Å²) >= 11 is 0. The second-order valence-corrected chi connectivity index (χ2v) is 3.85.